The summed E-state index contributed by atoms with van der Waals surface area (Å²) in [6, 6.07) is 10.1. The van der Waals surface area contributed by atoms with Gasteiger partial charge in [0.2, 0.25) is 0 Å². The molecular formula is C25H36N2O3. The monoisotopic (exact) mass is 412 g/mol. The van der Waals surface area contributed by atoms with Crippen LogP contribution in [0.15, 0.2) is 36.5 Å². The van der Waals surface area contributed by atoms with E-state index in [0.717, 1.165) is 54.0 Å². The Labute approximate surface area is 180 Å². The molecule has 0 amide bonds. The van der Waals surface area contributed by atoms with Gasteiger partial charge in [-0.15, -0.1) is 0 Å². The average Bonchev–Trinajstić information content (AvgIpc) is 2.63. The van der Waals surface area contributed by atoms with E-state index in [1.807, 2.05) is 31.3 Å². The predicted molar refractivity (Wildman–Crippen MR) is 123 cm³/mol. The number of nitrogens with zero attached hydrogens (tertiary/aromatic N) is 2. The van der Waals surface area contributed by atoms with Gasteiger partial charge in [-0.2, -0.15) is 0 Å². The van der Waals surface area contributed by atoms with Crippen LogP contribution >= 0.6 is 0 Å². The molecule has 2 aromatic rings. The molecule has 0 bridgehead atoms. The lowest BCUT2D eigenvalue weighted by Crippen LogP contribution is -2.38. The minimum atomic E-state index is -0.811. The summed E-state index contributed by atoms with van der Waals surface area (Å²) in [6.45, 7) is 13.6. The molecule has 5 heteroatoms. The van der Waals surface area contributed by atoms with Gasteiger partial charge in [0, 0.05) is 36.1 Å². The molecule has 1 aliphatic heterocycles. The quantitative estimate of drug-likeness (QED) is 0.732. The first-order valence-electron chi connectivity index (χ1n) is 10.6. The fourth-order valence-corrected chi connectivity index (χ4v) is 3.52. The number of aliphatic hydroxyl groups is 1. The first-order valence-corrected chi connectivity index (χ1v) is 10.6. The van der Waals surface area contributed by atoms with Crippen molar-refractivity contribution in [3.05, 3.63) is 47.8 Å². The fraction of sp³-hybridized carbons (Fsp3) is 0.520. The van der Waals surface area contributed by atoms with Crippen LogP contribution in [-0.4, -0.2) is 39.9 Å². The van der Waals surface area contributed by atoms with Gasteiger partial charge in [0.15, 0.2) is 0 Å². The van der Waals surface area contributed by atoms with Crippen molar-refractivity contribution in [1.29, 1.82) is 0 Å². The number of carbonyl (C=O) groups is 1. The van der Waals surface area contributed by atoms with Crippen LogP contribution in [0.25, 0.3) is 11.1 Å². The third-order valence-electron chi connectivity index (χ3n) is 5.21. The van der Waals surface area contributed by atoms with Gasteiger partial charge in [0.05, 0.1) is 17.7 Å². The van der Waals surface area contributed by atoms with Crippen LogP contribution < -0.4 is 4.90 Å². The maximum Gasteiger partial charge on any atom is 0.307 e. The Balaban J connectivity index is 0.000000575. The van der Waals surface area contributed by atoms with E-state index in [1.165, 1.54) is 0 Å². The van der Waals surface area contributed by atoms with Crippen molar-refractivity contribution in [2.24, 2.45) is 5.41 Å². The van der Waals surface area contributed by atoms with Crippen LogP contribution in [0.3, 0.4) is 0 Å². The van der Waals surface area contributed by atoms with Crippen LogP contribution in [0.2, 0.25) is 0 Å². The zero-order valence-corrected chi connectivity index (χ0v) is 19.2. The number of hydrogen-bond donors (Lipinski definition) is 2. The number of carboxylic acids is 1. The van der Waals surface area contributed by atoms with E-state index in [9.17, 15) is 9.90 Å². The van der Waals surface area contributed by atoms with E-state index in [2.05, 4.69) is 35.9 Å². The molecule has 5 nitrogen and oxygen atoms in total. The van der Waals surface area contributed by atoms with Crippen molar-refractivity contribution in [3.8, 4) is 11.1 Å². The highest BCUT2D eigenvalue weighted by atomic mass is 16.4. The van der Waals surface area contributed by atoms with Crippen molar-refractivity contribution in [1.82, 2.24) is 4.98 Å². The zero-order chi connectivity index (χ0) is 22.5. The lowest BCUT2D eigenvalue weighted by molar-refractivity contribution is -0.136. The molecule has 1 fully saturated rings. The Morgan fingerprint density at radius 2 is 1.67 bits per heavy atom. The lowest BCUT2D eigenvalue weighted by Gasteiger charge is -2.40. The highest BCUT2D eigenvalue weighted by Gasteiger charge is 2.29. The second-order valence-corrected chi connectivity index (χ2v) is 9.84. The molecule has 3 rings (SSSR count). The maximum absolute atomic E-state index is 11.5. The SMILES string of the molecule is CC(C)(C)O.Cc1ncc(-c2ccccc2)c(N2CCC(C)(C)CC2)c1CC(=O)O. The highest BCUT2D eigenvalue weighted by Crippen LogP contribution is 2.39. The van der Waals surface area contributed by atoms with Gasteiger partial charge >= 0.3 is 5.97 Å². The molecule has 1 aliphatic rings. The molecule has 164 valence electrons. The van der Waals surface area contributed by atoms with Crippen molar-refractivity contribution in [2.75, 3.05) is 18.0 Å². The predicted octanol–water partition coefficient (Wildman–Crippen LogP) is 5.09. The number of aliphatic carboxylic acids is 1. The van der Waals surface area contributed by atoms with Gasteiger partial charge < -0.3 is 15.1 Å². The number of benzene rings is 1. The van der Waals surface area contributed by atoms with E-state index in [-0.39, 0.29) is 6.42 Å². The maximum atomic E-state index is 11.5. The van der Waals surface area contributed by atoms with Gasteiger partial charge in [-0.1, -0.05) is 44.2 Å². The number of piperidine rings is 1. The molecule has 30 heavy (non-hydrogen) atoms. The topological polar surface area (TPSA) is 73.7 Å². The summed E-state index contributed by atoms with van der Waals surface area (Å²) >= 11 is 0. The molecule has 1 aromatic carbocycles. The van der Waals surface area contributed by atoms with Gasteiger partial charge in [-0.05, 0) is 51.5 Å². The second-order valence-electron chi connectivity index (χ2n) is 9.84. The smallest absolute Gasteiger partial charge is 0.307 e. The van der Waals surface area contributed by atoms with Crippen molar-refractivity contribution < 1.29 is 15.0 Å². The average molecular weight is 413 g/mol. The first-order chi connectivity index (χ1) is 13.9. The van der Waals surface area contributed by atoms with E-state index in [1.54, 1.807) is 20.8 Å². The zero-order valence-electron chi connectivity index (χ0n) is 19.2. The normalized spacial score (nSPS) is 15.9. The Morgan fingerprint density at radius 1 is 1.13 bits per heavy atom. The van der Waals surface area contributed by atoms with Crippen LogP contribution in [0.5, 0.6) is 0 Å². The van der Waals surface area contributed by atoms with Crippen molar-refractivity contribution >= 4 is 11.7 Å². The molecule has 1 saturated heterocycles. The lowest BCUT2D eigenvalue weighted by atomic mass is 9.82. The molecule has 2 heterocycles. The molecule has 1 aromatic heterocycles. The minimum Gasteiger partial charge on any atom is -0.481 e. The van der Waals surface area contributed by atoms with Crippen molar-refractivity contribution in [2.45, 2.75) is 66.4 Å². The molecule has 0 radical (unpaired) electrons. The second kappa shape index (κ2) is 9.61. The summed E-state index contributed by atoms with van der Waals surface area (Å²) in [5, 5.41) is 17.9. The largest absolute Gasteiger partial charge is 0.481 e. The number of carboxylic acid groups (broad SMARTS) is 1. The van der Waals surface area contributed by atoms with Crippen LogP contribution in [-0.2, 0) is 11.2 Å². The van der Waals surface area contributed by atoms with E-state index >= 15 is 0 Å². The van der Waals surface area contributed by atoms with Crippen LogP contribution in [0.4, 0.5) is 5.69 Å². The molecular weight excluding hydrogens is 376 g/mol. The standard InChI is InChI=1S/C21H26N2O2.C4H10O/c1-15-17(13-19(24)25)20(23-11-9-21(2,3)10-12-23)18(14-22-15)16-7-5-4-6-8-16;1-4(2,3)5/h4-8,14H,9-13H2,1-3H3,(H,24,25);5H,1-3H3. The van der Waals surface area contributed by atoms with Crippen LogP contribution in [0.1, 0.15) is 58.7 Å². The van der Waals surface area contributed by atoms with Crippen molar-refractivity contribution in [3.63, 3.8) is 0 Å². The Hall–Kier alpha value is -2.40. The van der Waals surface area contributed by atoms with E-state index in [0.29, 0.717) is 5.41 Å². The number of anilines is 1. The van der Waals surface area contributed by atoms with Crippen LogP contribution in [0, 0.1) is 12.3 Å². The Bertz CT molecular complexity index is 839. The fourth-order valence-electron chi connectivity index (χ4n) is 3.52. The molecule has 2 N–H and O–H groups in total. The van der Waals surface area contributed by atoms with Gasteiger partial charge in [0.1, 0.15) is 0 Å². The first kappa shape index (κ1) is 23.9. The molecule has 0 atom stereocenters. The summed E-state index contributed by atoms with van der Waals surface area (Å²) in [4.78, 5) is 18.3. The number of aromatic nitrogens is 1. The number of pyridine rings is 1. The summed E-state index contributed by atoms with van der Waals surface area (Å²) in [5.41, 5.74) is 4.66. The summed E-state index contributed by atoms with van der Waals surface area (Å²) in [5.74, 6) is -0.811. The molecule has 0 unspecified atom stereocenters. The number of hydrogen-bond acceptors (Lipinski definition) is 4. The van der Waals surface area contributed by atoms with Gasteiger partial charge in [-0.25, -0.2) is 0 Å². The summed E-state index contributed by atoms with van der Waals surface area (Å²) in [6.07, 6.45) is 4.12. The van der Waals surface area contributed by atoms with E-state index < -0.39 is 11.6 Å². The summed E-state index contributed by atoms with van der Waals surface area (Å²) in [7, 11) is 0. The van der Waals surface area contributed by atoms with Gasteiger partial charge in [-0.3, -0.25) is 9.78 Å². The third kappa shape index (κ3) is 7.13. The third-order valence-corrected chi connectivity index (χ3v) is 5.21. The van der Waals surface area contributed by atoms with Gasteiger partial charge in [0.25, 0.3) is 0 Å². The number of aryl methyl sites for hydroxylation is 1. The molecule has 0 aliphatic carbocycles. The number of rotatable bonds is 4. The van der Waals surface area contributed by atoms with E-state index in [4.69, 9.17) is 5.11 Å². The minimum absolute atomic E-state index is 0.00866. The Morgan fingerprint density at radius 3 is 2.17 bits per heavy atom. The Kier molecular flexibility index (Phi) is 7.64. The molecule has 0 spiro atoms. The summed E-state index contributed by atoms with van der Waals surface area (Å²) < 4.78 is 0. The highest BCUT2D eigenvalue weighted by molar-refractivity contribution is 5.84. The molecule has 0 saturated carbocycles.